The van der Waals surface area contributed by atoms with Crippen molar-refractivity contribution in [2.24, 2.45) is 0 Å². The first-order valence-corrected chi connectivity index (χ1v) is 6.57. The van der Waals surface area contributed by atoms with Gasteiger partial charge in [0.25, 0.3) is 5.70 Å². The van der Waals surface area contributed by atoms with Gasteiger partial charge in [0.15, 0.2) is 0 Å². The molecule has 0 saturated carbocycles. The maximum atomic E-state index is 10.0. The number of nitriles is 1. The minimum atomic E-state index is -0.0182. The van der Waals surface area contributed by atoms with Crippen molar-refractivity contribution in [1.29, 1.82) is 5.26 Å². The van der Waals surface area contributed by atoms with Crippen LogP contribution in [0.1, 0.15) is 11.1 Å². The summed E-state index contributed by atoms with van der Waals surface area (Å²) in [6.07, 6.45) is 0. The molecule has 1 aliphatic rings. The van der Waals surface area contributed by atoms with Gasteiger partial charge in [-0.05, 0) is 25.0 Å². The molecule has 6 heteroatoms. The summed E-state index contributed by atoms with van der Waals surface area (Å²) in [5.41, 5.74) is 1.21. The highest BCUT2D eigenvalue weighted by molar-refractivity contribution is 8.24. The van der Waals surface area contributed by atoms with Crippen molar-refractivity contribution in [2.45, 2.75) is 23.6 Å². The van der Waals surface area contributed by atoms with Crippen LogP contribution in [-0.4, -0.2) is 10.2 Å². The van der Waals surface area contributed by atoms with E-state index >= 15 is 0 Å². The maximum Gasteiger partial charge on any atom is 0.282 e. The van der Waals surface area contributed by atoms with Gasteiger partial charge in [0, 0.05) is 0 Å². The Morgan fingerprint density at radius 1 is 1.17 bits per heavy atom. The lowest BCUT2D eigenvalue weighted by molar-refractivity contribution is 0.429. The maximum absolute atomic E-state index is 10.0. The molecule has 0 radical (unpaired) electrons. The van der Waals surface area contributed by atoms with Crippen LogP contribution in [0.25, 0.3) is 4.85 Å². The number of aromatic hydroxyl groups is 2. The highest BCUT2D eigenvalue weighted by Gasteiger charge is 2.29. The predicted molar refractivity (Wildman–Crippen MR) is 70.2 cm³/mol. The summed E-state index contributed by atoms with van der Waals surface area (Å²) in [5, 5.41) is 28.9. The van der Waals surface area contributed by atoms with Crippen LogP contribution in [0.4, 0.5) is 0 Å². The molecule has 0 atom stereocenters. The van der Waals surface area contributed by atoms with Gasteiger partial charge >= 0.3 is 0 Å². The highest BCUT2D eigenvalue weighted by atomic mass is 32.2. The average molecular weight is 276 g/mol. The van der Waals surface area contributed by atoms with E-state index in [0.29, 0.717) is 25.2 Å². The molecule has 2 rings (SSSR count). The van der Waals surface area contributed by atoms with Gasteiger partial charge in [-0.1, -0.05) is 23.5 Å². The van der Waals surface area contributed by atoms with Crippen LogP contribution in [0.3, 0.4) is 0 Å². The Bertz CT molecular complexity index is 611. The van der Waals surface area contributed by atoms with Crippen molar-refractivity contribution in [3.8, 4) is 17.6 Å². The number of nitrogens with zero attached hydrogens (tertiary/aromatic N) is 2. The predicted octanol–water partition coefficient (Wildman–Crippen LogP) is 3.52. The highest BCUT2D eigenvalue weighted by Crippen LogP contribution is 2.60. The molecular weight excluding hydrogens is 268 g/mol. The monoisotopic (exact) mass is 276 g/mol. The third kappa shape index (κ3) is 1.71. The van der Waals surface area contributed by atoms with E-state index in [2.05, 4.69) is 4.85 Å². The molecule has 1 aliphatic heterocycles. The normalized spacial score (nSPS) is 12.8. The van der Waals surface area contributed by atoms with E-state index in [-0.39, 0.29) is 17.2 Å². The van der Waals surface area contributed by atoms with Gasteiger partial charge in [-0.25, -0.2) is 10.1 Å². The van der Waals surface area contributed by atoms with Gasteiger partial charge in [0.1, 0.15) is 11.5 Å². The minimum Gasteiger partial charge on any atom is -0.506 e. The molecule has 18 heavy (non-hydrogen) atoms. The fourth-order valence-corrected chi connectivity index (χ4v) is 4.06. The molecule has 0 amide bonds. The molecule has 1 aromatic carbocycles. The van der Waals surface area contributed by atoms with Gasteiger partial charge in [0.05, 0.1) is 26.7 Å². The van der Waals surface area contributed by atoms with Crippen molar-refractivity contribution >= 4 is 23.5 Å². The molecule has 1 heterocycles. The molecular formula is C12H8N2O2S2. The zero-order valence-corrected chi connectivity index (χ0v) is 11.2. The number of allylic oxidation sites excluding steroid dienone is 1. The second kappa shape index (κ2) is 4.49. The lowest BCUT2D eigenvalue weighted by Gasteiger charge is -2.10. The van der Waals surface area contributed by atoms with Crippen LogP contribution in [0.2, 0.25) is 0 Å². The summed E-state index contributed by atoms with van der Waals surface area (Å²) < 4.78 is 0.498. The zero-order valence-electron chi connectivity index (χ0n) is 9.61. The number of fused-ring (bicyclic) bond motifs is 1. The molecule has 0 bridgehead atoms. The molecule has 0 aliphatic carbocycles. The lowest BCUT2D eigenvalue weighted by Crippen LogP contribution is -1.87. The Morgan fingerprint density at radius 2 is 1.61 bits per heavy atom. The molecule has 0 aromatic heterocycles. The van der Waals surface area contributed by atoms with Crippen molar-refractivity contribution in [2.75, 3.05) is 0 Å². The van der Waals surface area contributed by atoms with Crippen molar-refractivity contribution in [3.05, 3.63) is 32.5 Å². The summed E-state index contributed by atoms with van der Waals surface area (Å²) in [5.74, 6) is 0.213. The third-order valence-electron chi connectivity index (χ3n) is 2.71. The van der Waals surface area contributed by atoms with Crippen LogP contribution in [-0.2, 0) is 0 Å². The van der Waals surface area contributed by atoms with Crippen LogP contribution < -0.4 is 0 Å². The number of hydrogen-bond acceptors (Lipinski definition) is 5. The Labute approximate surface area is 113 Å². The molecule has 0 spiro atoms. The van der Waals surface area contributed by atoms with Crippen LogP contribution in [0.5, 0.6) is 11.5 Å². The Morgan fingerprint density at radius 3 is 1.94 bits per heavy atom. The second-order valence-electron chi connectivity index (χ2n) is 3.67. The second-order valence-corrected chi connectivity index (χ2v) is 5.97. The zero-order chi connectivity index (χ0) is 13.4. The standard InChI is InChI=1S/C12H8N2O2S2/c1-5-6(2)9(16)11-10(8(5)15)17-12(18-11)7(4-13)14-3/h15-16H,1-2H3. The summed E-state index contributed by atoms with van der Waals surface area (Å²) in [4.78, 5) is 4.18. The molecule has 1 aromatic rings. The quantitative estimate of drug-likeness (QED) is 0.431. The number of rotatable bonds is 0. The van der Waals surface area contributed by atoms with Crippen molar-refractivity contribution < 1.29 is 10.2 Å². The molecule has 0 unspecified atom stereocenters. The summed E-state index contributed by atoms with van der Waals surface area (Å²) >= 11 is 2.31. The van der Waals surface area contributed by atoms with Gasteiger partial charge in [0.2, 0.25) is 0 Å². The SMILES string of the molecule is [C-]#[N+]C(C#N)=C1Sc2c(O)c(C)c(C)c(O)c2S1. The number of thioether (sulfide) groups is 2. The summed E-state index contributed by atoms with van der Waals surface area (Å²) in [7, 11) is 0. The number of phenolic OH excluding ortho intramolecular Hbond substituents is 2. The first kappa shape index (κ1) is 12.7. The molecule has 0 saturated heterocycles. The molecule has 4 nitrogen and oxygen atoms in total. The van der Waals surface area contributed by atoms with Crippen molar-refractivity contribution in [3.63, 3.8) is 0 Å². The minimum absolute atomic E-state index is 0.0182. The molecule has 0 fully saturated rings. The van der Waals surface area contributed by atoms with Gasteiger partial charge in [-0.2, -0.15) is 0 Å². The fourth-order valence-electron chi connectivity index (χ4n) is 1.52. The van der Waals surface area contributed by atoms with Crippen LogP contribution in [0.15, 0.2) is 19.7 Å². The fraction of sp³-hybridized carbons (Fsp3) is 0.167. The Kier molecular flexibility index (Phi) is 3.16. The van der Waals surface area contributed by atoms with Gasteiger partial charge in [-0.3, -0.25) is 0 Å². The lowest BCUT2D eigenvalue weighted by atomic mass is 10.1. The molecule has 2 N–H and O–H groups in total. The van der Waals surface area contributed by atoms with E-state index in [1.54, 1.807) is 13.8 Å². The number of benzene rings is 1. The van der Waals surface area contributed by atoms with E-state index in [0.717, 1.165) is 23.5 Å². The van der Waals surface area contributed by atoms with E-state index in [4.69, 9.17) is 11.8 Å². The van der Waals surface area contributed by atoms with E-state index < -0.39 is 0 Å². The Balaban J connectivity index is 2.66. The average Bonchev–Trinajstić information content (AvgIpc) is 2.80. The van der Waals surface area contributed by atoms with Gasteiger partial charge in [-0.15, -0.1) is 0 Å². The largest absolute Gasteiger partial charge is 0.506 e. The van der Waals surface area contributed by atoms with Crippen LogP contribution in [0, 0.1) is 31.8 Å². The van der Waals surface area contributed by atoms with E-state index in [1.165, 1.54) is 0 Å². The van der Waals surface area contributed by atoms with Gasteiger partial charge < -0.3 is 10.2 Å². The summed E-state index contributed by atoms with van der Waals surface area (Å²) in [6, 6.07) is 1.82. The molecule has 90 valence electrons. The number of hydrogen-bond donors (Lipinski definition) is 2. The Hall–Kier alpha value is -1.76. The number of phenols is 2. The van der Waals surface area contributed by atoms with E-state index in [1.807, 2.05) is 6.07 Å². The third-order valence-corrected chi connectivity index (χ3v) is 5.30. The van der Waals surface area contributed by atoms with E-state index in [9.17, 15) is 10.2 Å². The van der Waals surface area contributed by atoms with Crippen molar-refractivity contribution in [1.82, 2.24) is 0 Å². The smallest absolute Gasteiger partial charge is 0.282 e. The van der Waals surface area contributed by atoms with Crippen LogP contribution >= 0.6 is 23.5 Å². The topological polar surface area (TPSA) is 68.6 Å². The summed E-state index contributed by atoms with van der Waals surface area (Å²) in [6.45, 7) is 10.4. The first-order valence-electron chi connectivity index (χ1n) is 4.93. The first-order chi connectivity index (χ1) is 8.51.